The van der Waals surface area contributed by atoms with Gasteiger partial charge in [0.25, 0.3) is 0 Å². The second kappa shape index (κ2) is 6.71. The lowest BCUT2D eigenvalue weighted by Crippen LogP contribution is -2.21. The average Bonchev–Trinajstić information content (AvgIpc) is 2.85. The van der Waals surface area contributed by atoms with Crippen molar-refractivity contribution in [2.75, 3.05) is 13.7 Å². The van der Waals surface area contributed by atoms with E-state index in [9.17, 15) is 35.8 Å². The van der Waals surface area contributed by atoms with E-state index < -0.39 is 46.7 Å². The third-order valence-electron chi connectivity index (χ3n) is 3.33. The van der Waals surface area contributed by atoms with Crippen LogP contribution in [-0.2, 0) is 11.3 Å². The van der Waals surface area contributed by atoms with Crippen LogP contribution in [0, 0.1) is 5.82 Å². The minimum Gasteiger partial charge on any atom is -0.405 e. The van der Waals surface area contributed by atoms with Crippen molar-refractivity contribution >= 4 is 10.9 Å². The SMILES string of the molecule is COCCn1cc(C(O)C(F)(F)F)c2c(OC(F)(F)F)ccc(F)c21. The highest BCUT2D eigenvalue weighted by Crippen LogP contribution is 2.42. The van der Waals surface area contributed by atoms with Crippen LogP contribution < -0.4 is 4.74 Å². The third-order valence-corrected chi connectivity index (χ3v) is 3.33. The first-order valence-electron chi connectivity index (χ1n) is 6.76. The van der Waals surface area contributed by atoms with Crippen LogP contribution in [0.2, 0.25) is 0 Å². The van der Waals surface area contributed by atoms with E-state index in [0.29, 0.717) is 12.1 Å². The van der Waals surface area contributed by atoms with E-state index >= 15 is 0 Å². The zero-order valence-electron chi connectivity index (χ0n) is 12.6. The van der Waals surface area contributed by atoms with E-state index in [-0.39, 0.29) is 13.2 Å². The predicted molar refractivity (Wildman–Crippen MR) is 71.5 cm³/mol. The molecule has 0 saturated heterocycles. The number of fused-ring (bicyclic) bond motifs is 1. The molecule has 4 nitrogen and oxygen atoms in total. The summed E-state index contributed by atoms with van der Waals surface area (Å²) in [5.74, 6) is -2.11. The van der Waals surface area contributed by atoms with Gasteiger partial charge in [0.15, 0.2) is 6.10 Å². The monoisotopic (exact) mass is 375 g/mol. The molecule has 1 atom stereocenters. The standard InChI is InChI=1S/C14H12F7NO3/c1-24-5-4-22-6-7(12(23)13(16,17)18)10-9(25-14(19,20)21)3-2-8(15)11(10)22/h2-3,6,12,23H,4-5H2,1H3. The fraction of sp³-hybridized carbons (Fsp3) is 0.429. The second-order valence-corrected chi connectivity index (χ2v) is 5.03. The van der Waals surface area contributed by atoms with E-state index in [4.69, 9.17) is 4.74 Å². The van der Waals surface area contributed by atoms with Gasteiger partial charge >= 0.3 is 12.5 Å². The minimum absolute atomic E-state index is 0.0465. The van der Waals surface area contributed by atoms with Crippen LogP contribution in [0.3, 0.4) is 0 Å². The number of benzene rings is 1. The topological polar surface area (TPSA) is 43.6 Å². The van der Waals surface area contributed by atoms with Crippen molar-refractivity contribution in [2.45, 2.75) is 25.2 Å². The molecule has 25 heavy (non-hydrogen) atoms. The largest absolute Gasteiger partial charge is 0.573 e. The number of alkyl halides is 6. The summed E-state index contributed by atoms with van der Waals surface area (Å²) < 4.78 is 99.6. The fourth-order valence-electron chi connectivity index (χ4n) is 2.36. The van der Waals surface area contributed by atoms with Crippen molar-refractivity contribution in [3.63, 3.8) is 0 Å². The molecule has 1 aromatic heterocycles. The molecule has 0 saturated carbocycles. The molecule has 0 fully saturated rings. The number of hydrogen-bond donors (Lipinski definition) is 1. The van der Waals surface area contributed by atoms with Crippen LogP contribution in [0.25, 0.3) is 10.9 Å². The van der Waals surface area contributed by atoms with Crippen molar-refractivity contribution in [3.05, 3.63) is 29.7 Å². The van der Waals surface area contributed by atoms with Gasteiger partial charge in [-0.15, -0.1) is 13.2 Å². The summed E-state index contributed by atoms with van der Waals surface area (Å²) in [5.41, 5.74) is -1.51. The first kappa shape index (κ1) is 19.3. The predicted octanol–water partition coefficient (Wildman–Crippen LogP) is 3.92. The lowest BCUT2D eigenvalue weighted by molar-refractivity contribution is -0.274. The zero-order valence-corrected chi connectivity index (χ0v) is 12.6. The van der Waals surface area contributed by atoms with Gasteiger partial charge in [-0.25, -0.2) is 4.39 Å². The Kier molecular flexibility index (Phi) is 5.19. The molecule has 0 amide bonds. The average molecular weight is 375 g/mol. The third kappa shape index (κ3) is 4.15. The molecule has 0 aliphatic heterocycles. The number of rotatable bonds is 5. The van der Waals surface area contributed by atoms with Crippen molar-refractivity contribution < 1.29 is 45.3 Å². The second-order valence-electron chi connectivity index (χ2n) is 5.03. The molecular formula is C14H12F7NO3. The summed E-state index contributed by atoms with van der Waals surface area (Å²) in [4.78, 5) is 0. The van der Waals surface area contributed by atoms with Crippen LogP contribution in [0.4, 0.5) is 30.7 Å². The highest BCUT2D eigenvalue weighted by Gasteiger charge is 2.42. The van der Waals surface area contributed by atoms with E-state index in [1.165, 1.54) is 7.11 Å². The molecule has 0 spiro atoms. The molecule has 1 heterocycles. The number of aromatic nitrogens is 1. The van der Waals surface area contributed by atoms with Crippen LogP contribution in [0.1, 0.15) is 11.7 Å². The summed E-state index contributed by atoms with van der Waals surface area (Å²) in [6.07, 6.45) is -12.8. The van der Waals surface area contributed by atoms with Gasteiger partial charge in [0, 0.05) is 25.4 Å². The molecule has 0 aliphatic carbocycles. The zero-order chi connectivity index (χ0) is 19.0. The van der Waals surface area contributed by atoms with Crippen molar-refractivity contribution in [1.29, 1.82) is 0 Å². The van der Waals surface area contributed by atoms with Gasteiger partial charge in [0.05, 0.1) is 17.5 Å². The molecule has 0 bridgehead atoms. The quantitative estimate of drug-likeness (QED) is 0.806. The van der Waals surface area contributed by atoms with Gasteiger partial charge in [0.2, 0.25) is 0 Å². The molecule has 0 aliphatic rings. The number of halogens is 7. The van der Waals surface area contributed by atoms with Crippen molar-refractivity contribution in [2.24, 2.45) is 0 Å². The molecule has 1 N–H and O–H groups in total. The van der Waals surface area contributed by atoms with Crippen LogP contribution in [0.5, 0.6) is 5.75 Å². The first-order valence-corrected chi connectivity index (χ1v) is 6.76. The molecule has 11 heteroatoms. The molecule has 1 unspecified atom stereocenters. The van der Waals surface area contributed by atoms with Gasteiger partial charge in [-0.2, -0.15) is 13.2 Å². The Hall–Kier alpha value is -2.01. The fourth-order valence-corrected chi connectivity index (χ4v) is 2.36. The maximum absolute atomic E-state index is 14.1. The highest BCUT2D eigenvalue weighted by molar-refractivity contribution is 5.91. The molecular weight excluding hydrogens is 363 g/mol. The number of nitrogens with zero attached hydrogens (tertiary/aromatic N) is 1. The maximum atomic E-state index is 14.1. The molecule has 140 valence electrons. The van der Waals surface area contributed by atoms with Gasteiger partial charge in [0.1, 0.15) is 11.6 Å². The van der Waals surface area contributed by atoms with Gasteiger partial charge in [-0.1, -0.05) is 0 Å². The van der Waals surface area contributed by atoms with E-state index in [1.54, 1.807) is 0 Å². The number of methoxy groups -OCH3 is 1. The number of hydrogen-bond acceptors (Lipinski definition) is 3. The van der Waals surface area contributed by atoms with E-state index in [1.807, 2.05) is 0 Å². The molecule has 2 aromatic rings. The summed E-state index contributed by atoms with van der Waals surface area (Å²) in [5, 5.41) is 8.67. The summed E-state index contributed by atoms with van der Waals surface area (Å²) in [7, 11) is 1.28. The maximum Gasteiger partial charge on any atom is 0.573 e. The number of aliphatic hydroxyl groups is 1. The van der Waals surface area contributed by atoms with Gasteiger partial charge in [-0.3, -0.25) is 0 Å². The van der Waals surface area contributed by atoms with Crippen molar-refractivity contribution in [1.82, 2.24) is 4.57 Å². The smallest absolute Gasteiger partial charge is 0.405 e. The molecule has 2 rings (SSSR count). The Morgan fingerprint density at radius 3 is 2.32 bits per heavy atom. The Morgan fingerprint density at radius 1 is 1.16 bits per heavy atom. The Bertz CT molecular complexity index is 751. The lowest BCUT2D eigenvalue weighted by atomic mass is 10.1. The van der Waals surface area contributed by atoms with Crippen molar-refractivity contribution in [3.8, 4) is 5.75 Å². The van der Waals surface area contributed by atoms with E-state index in [0.717, 1.165) is 10.8 Å². The minimum atomic E-state index is -5.21. The summed E-state index contributed by atoms with van der Waals surface area (Å²) >= 11 is 0. The highest BCUT2D eigenvalue weighted by atomic mass is 19.4. The first-order chi connectivity index (χ1) is 11.5. The number of aliphatic hydroxyl groups excluding tert-OH is 1. The molecule has 0 radical (unpaired) electrons. The number of ether oxygens (including phenoxy) is 2. The van der Waals surface area contributed by atoms with E-state index in [2.05, 4.69) is 4.74 Å². The lowest BCUT2D eigenvalue weighted by Gasteiger charge is -2.16. The Labute approximate surface area is 136 Å². The normalized spacial score (nSPS) is 14.1. The summed E-state index contributed by atoms with van der Waals surface area (Å²) in [6, 6.07) is 1.19. The van der Waals surface area contributed by atoms with Crippen LogP contribution in [-0.4, -0.2) is 35.9 Å². The Balaban J connectivity index is 2.75. The Morgan fingerprint density at radius 2 is 1.80 bits per heavy atom. The summed E-state index contributed by atoms with van der Waals surface area (Å²) in [6.45, 7) is -0.195. The van der Waals surface area contributed by atoms with Crippen LogP contribution in [0.15, 0.2) is 18.3 Å². The van der Waals surface area contributed by atoms with Gasteiger partial charge < -0.3 is 19.1 Å². The van der Waals surface area contributed by atoms with Gasteiger partial charge in [-0.05, 0) is 12.1 Å². The molecule has 1 aromatic carbocycles. The van der Waals surface area contributed by atoms with Crippen LogP contribution >= 0.6 is 0 Å².